The Balaban J connectivity index is 1.50. The zero-order valence-electron chi connectivity index (χ0n) is 30.4. The maximum absolute atomic E-state index is 8.63. The van der Waals surface area contributed by atoms with E-state index >= 15 is 0 Å². The van der Waals surface area contributed by atoms with Crippen LogP contribution < -0.4 is 0 Å². The van der Waals surface area contributed by atoms with Gasteiger partial charge in [-0.3, -0.25) is 0 Å². The second-order valence-electron chi connectivity index (χ2n) is 15.4. The normalized spacial score (nSPS) is 19.4. The molecular weight excluding hydrogens is 719 g/mol. The van der Waals surface area contributed by atoms with Gasteiger partial charge >= 0.3 is 302 Å². The number of benzene rings is 4. The van der Waals surface area contributed by atoms with Crippen LogP contribution in [0.1, 0.15) is 114 Å². The van der Waals surface area contributed by atoms with Gasteiger partial charge in [0.15, 0.2) is 0 Å². The first kappa shape index (κ1) is 35.9. The molecule has 0 aliphatic heterocycles. The van der Waals surface area contributed by atoms with Gasteiger partial charge in [-0.15, -0.1) is 0 Å². The van der Waals surface area contributed by atoms with E-state index in [1.54, 1.807) is 0 Å². The molecule has 0 bridgehead atoms. The molecule has 0 saturated carbocycles. The number of hydrogen-bond acceptors (Lipinski definition) is 0. The molecule has 0 N–H and O–H groups in total. The molecule has 6 rings (SSSR count). The Bertz CT molecular complexity index is 1880. The zero-order valence-corrected chi connectivity index (χ0v) is 35.5. The number of allylic oxidation sites excluding steroid dienone is 2. The molecule has 4 unspecified atom stereocenters. The van der Waals surface area contributed by atoms with E-state index < -0.39 is 21.5 Å². The van der Waals surface area contributed by atoms with Crippen molar-refractivity contribution in [3.8, 4) is 22.3 Å². The van der Waals surface area contributed by atoms with Gasteiger partial charge in [-0.1, -0.05) is 0 Å². The van der Waals surface area contributed by atoms with Gasteiger partial charge in [-0.05, 0) is 0 Å². The van der Waals surface area contributed by atoms with E-state index in [0.717, 1.165) is 12.8 Å². The predicted octanol–water partition coefficient (Wildman–Crippen LogP) is 14.3. The van der Waals surface area contributed by atoms with Crippen molar-refractivity contribution in [3.05, 3.63) is 129 Å². The third-order valence-electron chi connectivity index (χ3n) is 12.1. The maximum atomic E-state index is 8.63. The molecule has 4 aromatic carbocycles. The van der Waals surface area contributed by atoms with Crippen LogP contribution in [0.3, 0.4) is 0 Å². The summed E-state index contributed by atoms with van der Waals surface area (Å²) in [6.45, 7) is 21.0. The molecule has 48 heavy (non-hydrogen) atoms. The summed E-state index contributed by atoms with van der Waals surface area (Å²) in [5.41, 5.74) is 16.1. The van der Waals surface area contributed by atoms with Crippen molar-refractivity contribution in [2.45, 2.75) is 93.5 Å². The Morgan fingerprint density at radius 3 is 1.48 bits per heavy atom. The molecule has 0 radical (unpaired) electrons. The average molecular weight is 772 g/mol. The Morgan fingerprint density at radius 1 is 0.625 bits per heavy atom. The number of halogens is 2. The Morgan fingerprint density at radius 2 is 1.06 bits per heavy atom. The van der Waals surface area contributed by atoms with E-state index in [4.69, 9.17) is 17.0 Å². The van der Waals surface area contributed by atoms with Crippen LogP contribution in [0, 0.1) is 5.92 Å². The van der Waals surface area contributed by atoms with Crippen LogP contribution in [-0.2, 0) is 15.6 Å². The van der Waals surface area contributed by atoms with E-state index in [-0.39, 0.29) is 7.25 Å². The minimum atomic E-state index is -4.80. The van der Waals surface area contributed by atoms with Gasteiger partial charge in [-0.2, -0.15) is 0 Å². The Hall–Kier alpha value is -1.96. The summed E-state index contributed by atoms with van der Waals surface area (Å²) in [5.74, 6) is -0.150. The van der Waals surface area contributed by atoms with Crippen molar-refractivity contribution in [1.29, 1.82) is 0 Å². The fourth-order valence-electron chi connectivity index (χ4n) is 8.62. The molecule has 251 valence electrons. The van der Waals surface area contributed by atoms with Crippen LogP contribution in [0.15, 0.2) is 96.1 Å². The minimum absolute atomic E-state index is 0.0901. The van der Waals surface area contributed by atoms with E-state index in [9.17, 15) is 0 Å². The van der Waals surface area contributed by atoms with Crippen LogP contribution in [0.5, 0.6) is 0 Å². The number of fused-ring (bicyclic) bond motifs is 2. The van der Waals surface area contributed by atoms with Gasteiger partial charge in [0.25, 0.3) is 0 Å². The number of rotatable bonds is 10. The summed E-state index contributed by atoms with van der Waals surface area (Å²) in [5, 5.41) is 0. The predicted molar refractivity (Wildman–Crippen MR) is 214 cm³/mol. The first-order valence-electron chi connectivity index (χ1n) is 18.2. The summed E-state index contributed by atoms with van der Waals surface area (Å²) in [4.78, 5) is 0. The van der Waals surface area contributed by atoms with Crippen molar-refractivity contribution in [2.75, 3.05) is 0 Å². The fraction of sp³-hybridized carbons (Fsp3) is 0.364. The first-order valence-corrected chi connectivity index (χ1v) is 34.6. The molecule has 0 nitrogen and oxygen atoms in total. The summed E-state index contributed by atoms with van der Waals surface area (Å²) < 4.78 is 0.181. The monoisotopic (exact) mass is 769 g/mol. The molecule has 2 aliphatic carbocycles. The van der Waals surface area contributed by atoms with Gasteiger partial charge in [0.05, 0.1) is 0 Å². The van der Waals surface area contributed by atoms with E-state index in [1.807, 2.05) is 0 Å². The van der Waals surface area contributed by atoms with Crippen molar-refractivity contribution in [3.63, 3.8) is 0 Å². The van der Waals surface area contributed by atoms with Crippen molar-refractivity contribution < 1.29 is 15.6 Å². The quantitative estimate of drug-likeness (QED) is 0.141. The van der Waals surface area contributed by atoms with Gasteiger partial charge in [0.2, 0.25) is 0 Å². The van der Waals surface area contributed by atoms with Crippen LogP contribution >= 0.6 is 17.0 Å². The van der Waals surface area contributed by atoms with Gasteiger partial charge in [0, 0.05) is 0 Å². The molecule has 4 heteroatoms. The van der Waals surface area contributed by atoms with Crippen LogP contribution in [-0.4, -0.2) is 5.92 Å². The summed E-state index contributed by atoms with van der Waals surface area (Å²) in [7, 11) is 17.3. The van der Waals surface area contributed by atoms with Crippen LogP contribution in [0.25, 0.3) is 34.4 Å². The van der Waals surface area contributed by atoms with Crippen molar-refractivity contribution >= 4 is 35.1 Å². The molecule has 0 spiro atoms. The molecule has 2 aliphatic rings. The van der Waals surface area contributed by atoms with Crippen molar-refractivity contribution in [1.82, 2.24) is 0 Å². The van der Waals surface area contributed by atoms with Crippen molar-refractivity contribution in [2.24, 2.45) is 5.92 Å². The molecule has 0 heterocycles. The van der Waals surface area contributed by atoms with E-state index in [2.05, 4.69) is 159 Å². The summed E-state index contributed by atoms with van der Waals surface area (Å²) in [6.07, 6.45) is 7.21. The summed E-state index contributed by atoms with van der Waals surface area (Å²) >= 11 is -4.80. The third-order valence-corrected chi connectivity index (χ3v) is 64.0. The Kier molecular flexibility index (Phi) is 10.2. The molecule has 0 fully saturated rings. The SMILES string of the molecule is CCC(C)c1ccc(-c2cccc3c2C=C(C)[CH]3[Zr]([Cl])([Cl])([CH]2C(C(C)C)=Cc3c(-c4ccc(C(C)CC)cc4)cccc32)[SiH](C)C)cc1. The van der Waals surface area contributed by atoms with E-state index in [1.165, 1.54) is 66.8 Å². The second kappa shape index (κ2) is 13.6. The van der Waals surface area contributed by atoms with Gasteiger partial charge < -0.3 is 0 Å². The zero-order chi connectivity index (χ0) is 34.6. The van der Waals surface area contributed by atoms with Crippen LogP contribution in [0.4, 0.5) is 0 Å². The number of hydrogen-bond donors (Lipinski definition) is 0. The molecule has 4 atom stereocenters. The van der Waals surface area contributed by atoms with Gasteiger partial charge in [0.1, 0.15) is 0 Å². The topological polar surface area (TPSA) is 0 Å². The molecule has 0 saturated heterocycles. The summed E-state index contributed by atoms with van der Waals surface area (Å²) in [6, 6.07) is 32.3. The standard InChI is InChI=1S/C22H25.C20H21.C2H7Si.2ClH.Zr/c1-5-16(4)17-9-11-18(12-10-17)21-8-6-7-19-13-20(15(2)3)14-22(19)21;1-4-15(3)16-8-10-17(11-9-16)19-7-5-6-18-12-14(2)13-20(18)19;1-3-2;;;/h6-16H,5H2,1-4H3;5-13,15H,4H2,1-3H3;3H,1-2H3;2*1H;/q;;;;;+2/p-2. The third kappa shape index (κ3) is 5.86. The van der Waals surface area contributed by atoms with Crippen LogP contribution in [0.2, 0.25) is 13.1 Å². The molecule has 4 aromatic rings. The first-order chi connectivity index (χ1) is 22.8. The van der Waals surface area contributed by atoms with E-state index in [0.29, 0.717) is 17.8 Å². The fourth-order valence-corrected chi connectivity index (χ4v) is 40.8. The second-order valence-corrected chi connectivity index (χ2v) is 57.9. The molecule has 0 aromatic heterocycles. The Labute approximate surface area is 299 Å². The molecule has 0 amide bonds. The van der Waals surface area contributed by atoms with Gasteiger partial charge in [-0.25, -0.2) is 0 Å². The molecular formula is C44H53Cl2SiZr. The average Bonchev–Trinajstić information content (AvgIpc) is 3.67.